The summed E-state index contributed by atoms with van der Waals surface area (Å²) < 4.78 is 40.7. The summed E-state index contributed by atoms with van der Waals surface area (Å²) in [5, 5.41) is -0.214. The van der Waals surface area contributed by atoms with E-state index in [4.69, 9.17) is 17.3 Å². The van der Waals surface area contributed by atoms with Crippen LogP contribution >= 0.6 is 24.0 Å². The van der Waals surface area contributed by atoms with Gasteiger partial charge in [-0.2, -0.15) is 4.31 Å². The summed E-state index contributed by atoms with van der Waals surface area (Å²) in [6.45, 7) is 0.368. The highest BCUT2D eigenvalue weighted by Crippen LogP contribution is 2.32. The summed E-state index contributed by atoms with van der Waals surface area (Å²) >= 11 is 5.70. The summed E-state index contributed by atoms with van der Waals surface area (Å²) in [5.41, 5.74) is 7.09. The predicted octanol–water partition coefficient (Wildman–Crippen LogP) is 3.02. The molecule has 130 valence electrons. The van der Waals surface area contributed by atoms with E-state index in [0.29, 0.717) is 0 Å². The summed E-state index contributed by atoms with van der Waals surface area (Å²) in [4.78, 5) is -0.411. The molecular weight excluding hydrogens is 374 g/mol. The van der Waals surface area contributed by atoms with Gasteiger partial charge < -0.3 is 5.73 Å². The summed E-state index contributed by atoms with van der Waals surface area (Å²) in [6.07, 6.45) is 0. The van der Waals surface area contributed by atoms with E-state index < -0.39 is 20.7 Å². The minimum atomic E-state index is -3.97. The standard InChI is InChI=1S/C16H16ClFN2O2S.ClH/c17-13-7-4-8-15(16(13)18)23(21,22)20-9-12(14(19)10-20)11-5-2-1-3-6-11;/h1-8,12,14H,9-10,19H2;1H/t12-,14+;/m0./s1. The Balaban J connectivity index is 0.00000208. The lowest BCUT2D eigenvalue weighted by Crippen LogP contribution is -2.32. The smallest absolute Gasteiger partial charge is 0.246 e. The van der Waals surface area contributed by atoms with Crippen molar-refractivity contribution in [2.24, 2.45) is 5.73 Å². The van der Waals surface area contributed by atoms with Crippen LogP contribution in [0.15, 0.2) is 53.4 Å². The van der Waals surface area contributed by atoms with Gasteiger partial charge in [0.25, 0.3) is 0 Å². The van der Waals surface area contributed by atoms with Crippen LogP contribution in [0, 0.1) is 5.82 Å². The van der Waals surface area contributed by atoms with E-state index in [2.05, 4.69) is 0 Å². The Kier molecular flexibility index (Phi) is 5.88. The van der Waals surface area contributed by atoms with Gasteiger partial charge in [-0.1, -0.05) is 48.0 Å². The van der Waals surface area contributed by atoms with Crippen molar-refractivity contribution >= 4 is 34.0 Å². The molecule has 2 atom stereocenters. The number of nitrogens with zero attached hydrogens (tertiary/aromatic N) is 1. The Hall–Kier alpha value is -1.18. The van der Waals surface area contributed by atoms with Gasteiger partial charge in [0.15, 0.2) is 5.82 Å². The van der Waals surface area contributed by atoms with Crippen molar-refractivity contribution < 1.29 is 12.8 Å². The molecule has 0 aliphatic carbocycles. The molecule has 1 fully saturated rings. The second-order valence-corrected chi connectivity index (χ2v) is 7.87. The van der Waals surface area contributed by atoms with Crippen molar-refractivity contribution in [3.63, 3.8) is 0 Å². The Morgan fingerprint density at radius 3 is 2.42 bits per heavy atom. The molecule has 1 aliphatic heterocycles. The van der Waals surface area contributed by atoms with Gasteiger partial charge in [-0.05, 0) is 17.7 Å². The number of halogens is 3. The van der Waals surface area contributed by atoms with Gasteiger partial charge >= 0.3 is 0 Å². The Bertz CT molecular complexity index is 818. The van der Waals surface area contributed by atoms with E-state index in [-0.39, 0.29) is 42.5 Å². The third-order valence-electron chi connectivity index (χ3n) is 4.09. The van der Waals surface area contributed by atoms with Crippen molar-refractivity contribution in [2.45, 2.75) is 16.9 Å². The quantitative estimate of drug-likeness (QED) is 0.875. The van der Waals surface area contributed by atoms with Crippen LogP contribution in [-0.4, -0.2) is 31.9 Å². The van der Waals surface area contributed by atoms with Crippen LogP contribution in [0.5, 0.6) is 0 Å². The third-order valence-corrected chi connectivity index (χ3v) is 6.23. The number of benzene rings is 2. The molecule has 8 heteroatoms. The Morgan fingerprint density at radius 1 is 1.08 bits per heavy atom. The van der Waals surface area contributed by atoms with Gasteiger partial charge in [0, 0.05) is 25.0 Å². The number of hydrogen-bond acceptors (Lipinski definition) is 3. The van der Waals surface area contributed by atoms with E-state index in [1.807, 2.05) is 30.3 Å². The normalized spacial score (nSPS) is 21.5. The average molecular weight is 391 g/mol. The fourth-order valence-corrected chi connectivity index (χ4v) is 4.68. The van der Waals surface area contributed by atoms with Crippen molar-refractivity contribution in [3.8, 4) is 0 Å². The number of rotatable bonds is 3. The lowest BCUT2D eigenvalue weighted by Gasteiger charge is -2.17. The molecule has 0 radical (unpaired) electrons. The first-order chi connectivity index (χ1) is 10.9. The molecule has 4 nitrogen and oxygen atoms in total. The van der Waals surface area contributed by atoms with Gasteiger partial charge in [0.05, 0.1) is 5.02 Å². The number of hydrogen-bond donors (Lipinski definition) is 1. The Morgan fingerprint density at radius 2 is 1.75 bits per heavy atom. The molecular formula is C16H17Cl2FN2O2S. The molecule has 0 bridgehead atoms. The second kappa shape index (κ2) is 7.37. The summed E-state index contributed by atoms with van der Waals surface area (Å²) in [5.74, 6) is -1.04. The van der Waals surface area contributed by atoms with Gasteiger partial charge in [-0.3, -0.25) is 0 Å². The van der Waals surface area contributed by atoms with E-state index in [9.17, 15) is 12.8 Å². The molecule has 2 N–H and O–H groups in total. The zero-order valence-corrected chi connectivity index (χ0v) is 15.0. The first-order valence-corrected chi connectivity index (χ1v) is 8.98. The van der Waals surface area contributed by atoms with E-state index in [1.165, 1.54) is 22.5 Å². The maximum Gasteiger partial charge on any atom is 0.246 e. The van der Waals surface area contributed by atoms with Gasteiger partial charge in [-0.25, -0.2) is 12.8 Å². The van der Waals surface area contributed by atoms with Gasteiger partial charge in [0.1, 0.15) is 4.90 Å². The summed E-state index contributed by atoms with van der Waals surface area (Å²) in [6, 6.07) is 13.1. The molecule has 2 aromatic rings. The highest BCUT2D eigenvalue weighted by atomic mass is 35.5. The van der Waals surface area contributed by atoms with Crippen LogP contribution in [0.25, 0.3) is 0 Å². The zero-order chi connectivity index (χ0) is 16.6. The fourth-order valence-electron chi connectivity index (χ4n) is 2.86. The topological polar surface area (TPSA) is 63.4 Å². The zero-order valence-electron chi connectivity index (χ0n) is 12.6. The van der Waals surface area contributed by atoms with Gasteiger partial charge in [0.2, 0.25) is 10.0 Å². The molecule has 24 heavy (non-hydrogen) atoms. The molecule has 0 amide bonds. The highest BCUT2D eigenvalue weighted by Gasteiger charge is 2.39. The van der Waals surface area contributed by atoms with Crippen LogP contribution in [0.2, 0.25) is 5.02 Å². The van der Waals surface area contributed by atoms with Crippen LogP contribution in [-0.2, 0) is 10.0 Å². The molecule has 2 aromatic carbocycles. The monoisotopic (exact) mass is 390 g/mol. The predicted molar refractivity (Wildman–Crippen MR) is 94.6 cm³/mol. The van der Waals surface area contributed by atoms with Crippen molar-refractivity contribution in [2.75, 3.05) is 13.1 Å². The SMILES string of the molecule is Cl.N[C@@H]1CN(S(=O)(=O)c2cccc(Cl)c2F)C[C@H]1c1ccccc1. The van der Waals surface area contributed by atoms with E-state index in [1.54, 1.807) is 0 Å². The fraction of sp³-hybridized carbons (Fsp3) is 0.250. The average Bonchev–Trinajstić information content (AvgIpc) is 2.93. The molecule has 3 rings (SSSR count). The molecule has 0 unspecified atom stereocenters. The molecule has 1 heterocycles. The maximum absolute atomic E-state index is 14.1. The summed E-state index contributed by atoms with van der Waals surface area (Å²) in [7, 11) is -3.97. The molecule has 1 saturated heterocycles. The van der Waals surface area contributed by atoms with E-state index >= 15 is 0 Å². The third kappa shape index (κ3) is 3.43. The minimum absolute atomic E-state index is 0. The van der Waals surface area contributed by atoms with Crippen molar-refractivity contribution in [1.82, 2.24) is 4.31 Å². The number of nitrogens with two attached hydrogens (primary N) is 1. The van der Waals surface area contributed by atoms with E-state index in [0.717, 1.165) is 5.56 Å². The van der Waals surface area contributed by atoms with Crippen LogP contribution in [0.3, 0.4) is 0 Å². The van der Waals surface area contributed by atoms with Crippen LogP contribution in [0.4, 0.5) is 4.39 Å². The lowest BCUT2D eigenvalue weighted by atomic mass is 9.95. The van der Waals surface area contributed by atoms with Crippen molar-refractivity contribution in [1.29, 1.82) is 0 Å². The first-order valence-electron chi connectivity index (χ1n) is 7.16. The van der Waals surface area contributed by atoms with Crippen LogP contribution in [0.1, 0.15) is 11.5 Å². The molecule has 0 spiro atoms. The maximum atomic E-state index is 14.1. The first kappa shape index (κ1) is 19.1. The minimum Gasteiger partial charge on any atom is -0.326 e. The lowest BCUT2D eigenvalue weighted by molar-refractivity contribution is 0.463. The second-order valence-electron chi connectivity index (χ2n) is 5.56. The van der Waals surface area contributed by atoms with Crippen LogP contribution < -0.4 is 5.73 Å². The molecule has 0 saturated carbocycles. The van der Waals surface area contributed by atoms with Crippen molar-refractivity contribution in [3.05, 3.63) is 64.9 Å². The molecule has 1 aliphatic rings. The Labute approximate surface area is 151 Å². The van der Waals surface area contributed by atoms with Gasteiger partial charge in [-0.15, -0.1) is 12.4 Å². The molecule has 0 aromatic heterocycles. The highest BCUT2D eigenvalue weighted by molar-refractivity contribution is 7.89. The largest absolute Gasteiger partial charge is 0.326 e. The number of sulfonamides is 1.